The fraction of sp³-hybridized carbons (Fsp3) is 0.190. The van der Waals surface area contributed by atoms with Crippen LogP contribution in [0.25, 0.3) is 10.9 Å². The highest BCUT2D eigenvalue weighted by atomic mass is 16.2. The van der Waals surface area contributed by atoms with Crippen molar-refractivity contribution in [2.45, 2.75) is 19.8 Å². The lowest BCUT2D eigenvalue weighted by atomic mass is 9.97. The fourth-order valence-corrected chi connectivity index (χ4v) is 3.28. The van der Waals surface area contributed by atoms with Crippen LogP contribution in [0.2, 0.25) is 0 Å². The number of nitrogens with zero attached hydrogens (tertiary/aromatic N) is 2. The van der Waals surface area contributed by atoms with Crippen LogP contribution in [-0.2, 0) is 16.0 Å². The van der Waals surface area contributed by atoms with E-state index in [0.717, 1.165) is 16.5 Å². The maximum absolute atomic E-state index is 12.8. The molecule has 1 aromatic heterocycles. The Bertz CT molecular complexity index is 963. The van der Waals surface area contributed by atoms with Crippen molar-refractivity contribution in [1.82, 2.24) is 4.98 Å². The number of fused-ring (bicyclic) bond motifs is 1. The van der Waals surface area contributed by atoms with Crippen molar-refractivity contribution >= 4 is 28.5 Å². The molecule has 1 aliphatic rings. The summed E-state index contributed by atoms with van der Waals surface area (Å²) in [5, 5.41) is 0.988. The number of rotatable bonds is 3. The average molecular weight is 330 g/mol. The van der Waals surface area contributed by atoms with E-state index in [2.05, 4.69) is 4.98 Å². The van der Waals surface area contributed by atoms with Crippen molar-refractivity contribution in [3.63, 3.8) is 0 Å². The largest absolute Gasteiger partial charge is 0.274 e. The van der Waals surface area contributed by atoms with E-state index >= 15 is 0 Å². The highest BCUT2D eigenvalue weighted by molar-refractivity contribution is 6.20. The van der Waals surface area contributed by atoms with Crippen molar-refractivity contribution in [2.24, 2.45) is 5.92 Å². The molecule has 3 aromatic rings. The number of carbonyl (C=O) groups excluding carboxylic acids is 2. The van der Waals surface area contributed by atoms with E-state index in [9.17, 15) is 9.59 Å². The molecule has 25 heavy (non-hydrogen) atoms. The molecule has 2 heterocycles. The highest BCUT2D eigenvalue weighted by Crippen LogP contribution is 2.29. The van der Waals surface area contributed by atoms with Gasteiger partial charge in [0.15, 0.2) is 0 Å². The summed E-state index contributed by atoms with van der Waals surface area (Å²) in [7, 11) is 0. The van der Waals surface area contributed by atoms with Gasteiger partial charge < -0.3 is 0 Å². The first-order valence-corrected chi connectivity index (χ1v) is 8.40. The molecule has 0 radical (unpaired) electrons. The van der Waals surface area contributed by atoms with Crippen LogP contribution in [0.5, 0.6) is 0 Å². The SMILES string of the molecule is Cc1ccc(CC2CC(=O)N(c3ccc4ccccc4n3)C2=O)cc1. The lowest BCUT2D eigenvalue weighted by molar-refractivity contribution is -0.122. The molecule has 1 aliphatic heterocycles. The van der Waals surface area contributed by atoms with E-state index < -0.39 is 0 Å². The van der Waals surface area contributed by atoms with Gasteiger partial charge in [-0.05, 0) is 37.1 Å². The van der Waals surface area contributed by atoms with Crippen molar-refractivity contribution in [3.8, 4) is 0 Å². The number of para-hydroxylation sites is 1. The Hall–Kier alpha value is -3.01. The molecule has 2 aromatic carbocycles. The molecule has 124 valence electrons. The summed E-state index contributed by atoms with van der Waals surface area (Å²) in [5.74, 6) is -0.234. The molecule has 0 N–H and O–H groups in total. The Labute approximate surface area is 146 Å². The molecular weight excluding hydrogens is 312 g/mol. The minimum atomic E-state index is -0.316. The molecule has 0 saturated carbocycles. The quantitative estimate of drug-likeness (QED) is 0.689. The van der Waals surface area contributed by atoms with E-state index in [-0.39, 0.29) is 24.2 Å². The summed E-state index contributed by atoms with van der Waals surface area (Å²) in [6, 6.07) is 19.4. The van der Waals surface area contributed by atoms with Gasteiger partial charge in [0.25, 0.3) is 0 Å². The van der Waals surface area contributed by atoms with Crippen molar-refractivity contribution in [1.29, 1.82) is 0 Å². The predicted molar refractivity (Wildman–Crippen MR) is 97.2 cm³/mol. The Balaban J connectivity index is 1.60. The van der Waals surface area contributed by atoms with Gasteiger partial charge in [0.05, 0.1) is 11.4 Å². The maximum atomic E-state index is 12.8. The Morgan fingerprint density at radius 2 is 1.76 bits per heavy atom. The molecule has 0 spiro atoms. The first-order chi connectivity index (χ1) is 12.1. The summed E-state index contributed by atoms with van der Waals surface area (Å²) >= 11 is 0. The normalized spacial score (nSPS) is 17.5. The first-order valence-electron chi connectivity index (χ1n) is 8.40. The van der Waals surface area contributed by atoms with Crippen LogP contribution in [0.15, 0.2) is 60.7 Å². The van der Waals surface area contributed by atoms with Gasteiger partial charge in [-0.15, -0.1) is 0 Å². The second-order valence-electron chi connectivity index (χ2n) is 6.52. The minimum absolute atomic E-state index is 0.159. The first kappa shape index (κ1) is 15.5. The third kappa shape index (κ3) is 2.91. The van der Waals surface area contributed by atoms with Crippen molar-refractivity contribution < 1.29 is 9.59 Å². The summed E-state index contributed by atoms with van der Waals surface area (Å²) in [4.78, 5) is 31.0. The zero-order valence-electron chi connectivity index (χ0n) is 14.0. The smallest absolute Gasteiger partial charge is 0.238 e. The van der Waals surface area contributed by atoms with Gasteiger partial charge in [0.2, 0.25) is 11.8 Å². The number of hydrogen-bond acceptors (Lipinski definition) is 3. The van der Waals surface area contributed by atoms with Crippen molar-refractivity contribution in [3.05, 3.63) is 71.8 Å². The number of amides is 2. The molecule has 4 nitrogen and oxygen atoms in total. The molecule has 4 rings (SSSR count). The fourth-order valence-electron chi connectivity index (χ4n) is 3.28. The number of pyridine rings is 1. The summed E-state index contributed by atoms with van der Waals surface area (Å²) in [6.45, 7) is 2.03. The molecule has 2 amide bonds. The van der Waals surface area contributed by atoms with Crippen LogP contribution < -0.4 is 4.90 Å². The lowest BCUT2D eigenvalue weighted by Crippen LogP contribution is -2.31. The molecule has 1 fully saturated rings. The molecule has 1 unspecified atom stereocenters. The number of carbonyl (C=O) groups is 2. The number of anilines is 1. The average Bonchev–Trinajstić information content (AvgIpc) is 2.90. The Kier molecular flexibility index (Phi) is 3.80. The van der Waals surface area contributed by atoms with Crippen LogP contribution >= 0.6 is 0 Å². The standard InChI is InChI=1S/C21H18N2O2/c1-14-6-8-15(9-7-14)12-17-13-20(24)23(21(17)25)19-11-10-16-4-2-3-5-18(16)22-19/h2-11,17H,12-13H2,1H3. The molecule has 1 atom stereocenters. The highest BCUT2D eigenvalue weighted by Gasteiger charge is 2.40. The summed E-state index contributed by atoms with van der Waals surface area (Å²) in [5.41, 5.74) is 3.03. The lowest BCUT2D eigenvalue weighted by Gasteiger charge is -2.14. The van der Waals surface area contributed by atoms with E-state index in [0.29, 0.717) is 12.2 Å². The van der Waals surface area contributed by atoms with Gasteiger partial charge in [-0.1, -0.05) is 48.0 Å². The zero-order chi connectivity index (χ0) is 17.4. The van der Waals surface area contributed by atoms with Crippen LogP contribution in [0.1, 0.15) is 17.5 Å². The van der Waals surface area contributed by atoms with Gasteiger partial charge in [-0.2, -0.15) is 0 Å². The molecule has 4 heteroatoms. The zero-order valence-corrected chi connectivity index (χ0v) is 14.0. The number of aryl methyl sites for hydroxylation is 1. The predicted octanol–water partition coefficient (Wildman–Crippen LogP) is 3.67. The summed E-state index contributed by atoms with van der Waals surface area (Å²) in [6.07, 6.45) is 0.816. The van der Waals surface area contributed by atoms with Gasteiger partial charge in [-0.25, -0.2) is 9.88 Å². The van der Waals surface area contributed by atoms with E-state index in [4.69, 9.17) is 0 Å². The van der Waals surface area contributed by atoms with Crippen molar-refractivity contribution in [2.75, 3.05) is 4.90 Å². The van der Waals surface area contributed by atoms with E-state index in [1.54, 1.807) is 6.07 Å². The molecule has 0 aliphatic carbocycles. The van der Waals surface area contributed by atoms with E-state index in [1.807, 2.05) is 61.5 Å². The molecule has 1 saturated heterocycles. The minimum Gasteiger partial charge on any atom is -0.274 e. The third-order valence-electron chi connectivity index (χ3n) is 4.66. The van der Waals surface area contributed by atoms with Crippen LogP contribution in [0.3, 0.4) is 0 Å². The number of hydrogen-bond donors (Lipinski definition) is 0. The molecular formula is C21H18N2O2. The van der Waals surface area contributed by atoms with E-state index in [1.165, 1.54) is 10.5 Å². The topological polar surface area (TPSA) is 50.3 Å². The van der Waals surface area contributed by atoms with Crippen LogP contribution in [0, 0.1) is 12.8 Å². The maximum Gasteiger partial charge on any atom is 0.238 e. The van der Waals surface area contributed by atoms with Gasteiger partial charge >= 0.3 is 0 Å². The van der Waals surface area contributed by atoms with Crippen LogP contribution in [-0.4, -0.2) is 16.8 Å². The van der Waals surface area contributed by atoms with Gasteiger partial charge in [0, 0.05) is 11.8 Å². The Morgan fingerprint density at radius 1 is 1.00 bits per heavy atom. The monoisotopic (exact) mass is 330 g/mol. The van der Waals surface area contributed by atoms with Gasteiger partial charge in [0.1, 0.15) is 5.82 Å². The number of aromatic nitrogens is 1. The van der Waals surface area contributed by atoms with Crippen LogP contribution in [0.4, 0.5) is 5.82 Å². The second-order valence-corrected chi connectivity index (χ2v) is 6.52. The number of imide groups is 1. The third-order valence-corrected chi connectivity index (χ3v) is 4.66. The Morgan fingerprint density at radius 3 is 2.56 bits per heavy atom. The van der Waals surface area contributed by atoms with Gasteiger partial charge in [-0.3, -0.25) is 9.59 Å². The number of benzene rings is 2. The second kappa shape index (κ2) is 6.13. The summed E-state index contributed by atoms with van der Waals surface area (Å²) < 4.78 is 0. The molecule has 0 bridgehead atoms.